The molecule has 0 radical (unpaired) electrons. The number of hydrogen-bond acceptors (Lipinski definition) is 3. The van der Waals surface area contributed by atoms with Crippen molar-refractivity contribution in [3.8, 4) is 0 Å². The van der Waals surface area contributed by atoms with Gasteiger partial charge in [-0.25, -0.2) is 13.1 Å². The topological polar surface area (TPSA) is 46.2 Å². The van der Waals surface area contributed by atoms with Crippen LogP contribution in [-0.2, 0) is 10.0 Å². The summed E-state index contributed by atoms with van der Waals surface area (Å²) in [6.07, 6.45) is 4.02. The van der Waals surface area contributed by atoms with Crippen LogP contribution in [0.4, 0.5) is 0 Å². The molecule has 0 bridgehead atoms. The predicted octanol–water partition coefficient (Wildman–Crippen LogP) is 2.82. The minimum absolute atomic E-state index is 0.278. The van der Waals surface area contributed by atoms with Crippen LogP contribution in [0, 0.1) is 5.92 Å². The Morgan fingerprint density at radius 2 is 2.06 bits per heavy atom. The maximum Gasteiger partial charge on any atom is 0.250 e. The molecule has 1 heterocycles. The monoisotopic (exact) mass is 293 g/mol. The molecule has 96 valence electrons. The SMILES string of the molecule is O=S(=O)(NCC1CCC(Cl)CC1)c1cccs1. The van der Waals surface area contributed by atoms with Gasteiger partial charge in [0.15, 0.2) is 0 Å². The number of thiophene rings is 1. The smallest absolute Gasteiger partial charge is 0.210 e. The van der Waals surface area contributed by atoms with Crippen LogP contribution in [0.3, 0.4) is 0 Å². The zero-order valence-electron chi connectivity index (χ0n) is 9.43. The molecule has 1 N–H and O–H groups in total. The zero-order valence-corrected chi connectivity index (χ0v) is 11.8. The molecule has 0 atom stereocenters. The molecule has 1 fully saturated rings. The molecular weight excluding hydrogens is 278 g/mol. The molecule has 1 saturated carbocycles. The van der Waals surface area contributed by atoms with Crippen molar-refractivity contribution in [2.45, 2.75) is 35.3 Å². The van der Waals surface area contributed by atoms with Crippen molar-refractivity contribution in [3.63, 3.8) is 0 Å². The Hall–Kier alpha value is -0.100. The van der Waals surface area contributed by atoms with E-state index in [1.165, 1.54) is 11.3 Å². The van der Waals surface area contributed by atoms with Crippen molar-refractivity contribution < 1.29 is 8.42 Å². The van der Waals surface area contributed by atoms with Crippen LogP contribution < -0.4 is 4.72 Å². The highest BCUT2D eigenvalue weighted by molar-refractivity contribution is 7.91. The van der Waals surface area contributed by atoms with Gasteiger partial charge in [-0.2, -0.15) is 0 Å². The fourth-order valence-corrected chi connectivity index (χ4v) is 4.45. The summed E-state index contributed by atoms with van der Waals surface area (Å²) in [5.41, 5.74) is 0. The number of nitrogens with one attached hydrogen (secondary N) is 1. The molecule has 0 aromatic carbocycles. The van der Waals surface area contributed by atoms with Gasteiger partial charge in [-0.1, -0.05) is 6.07 Å². The third kappa shape index (κ3) is 3.68. The molecule has 0 amide bonds. The Balaban J connectivity index is 1.86. The highest BCUT2D eigenvalue weighted by atomic mass is 35.5. The Bertz CT molecular complexity index is 436. The lowest BCUT2D eigenvalue weighted by atomic mass is 9.89. The summed E-state index contributed by atoms with van der Waals surface area (Å²) in [5, 5.41) is 2.05. The second-order valence-corrected chi connectivity index (χ2v) is 7.96. The summed E-state index contributed by atoms with van der Waals surface area (Å²) in [6, 6.07) is 3.38. The maximum atomic E-state index is 11.9. The van der Waals surface area contributed by atoms with Gasteiger partial charge in [-0.05, 0) is 43.0 Å². The zero-order chi connectivity index (χ0) is 12.3. The first-order valence-electron chi connectivity index (χ1n) is 5.75. The highest BCUT2D eigenvalue weighted by Gasteiger charge is 2.22. The summed E-state index contributed by atoms with van der Waals surface area (Å²) in [4.78, 5) is 0. The first kappa shape index (κ1) is 13.3. The van der Waals surface area contributed by atoms with Crippen molar-refractivity contribution in [2.24, 2.45) is 5.92 Å². The molecule has 2 rings (SSSR count). The molecule has 17 heavy (non-hydrogen) atoms. The standard InChI is InChI=1S/C11H16ClNO2S2/c12-10-5-3-9(4-6-10)8-13-17(14,15)11-2-1-7-16-11/h1-2,7,9-10,13H,3-6,8H2. The van der Waals surface area contributed by atoms with Gasteiger partial charge in [0.2, 0.25) is 10.0 Å². The number of sulfonamides is 1. The number of halogens is 1. The summed E-state index contributed by atoms with van der Waals surface area (Å²) in [5.74, 6) is 0.430. The van der Waals surface area contributed by atoms with E-state index in [4.69, 9.17) is 11.6 Å². The molecule has 0 aliphatic heterocycles. The number of hydrogen-bond donors (Lipinski definition) is 1. The van der Waals surface area contributed by atoms with Crippen LogP contribution in [0.25, 0.3) is 0 Å². The van der Waals surface area contributed by atoms with Crippen LogP contribution in [0.1, 0.15) is 25.7 Å². The van der Waals surface area contributed by atoms with Gasteiger partial charge in [-0.15, -0.1) is 22.9 Å². The van der Waals surface area contributed by atoms with Crippen LogP contribution in [0.5, 0.6) is 0 Å². The number of alkyl halides is 1. The normalized spacial score (nSPS) is 25.9. The summed E-state index contributed by atoms with van der Waals surface area (Å²) in [6.45, 7) is 0.532. The molecule has 0 spiro atoms. The third-order valence-corrected chi connectivity index (χ3v) is 6.36. The molecule has 1 aromatic heterocycles. The average molecular weight is 294 g/mol. The summed E-state index contributed by atoms with van der Waals surface area (Å²) >= 11 is 7.26. The summed E-state index contributed by atoms with van der Waals surface area (Å²) in [7, 11) is -3.29. The second-order valence-electron chi connectivity index (χ2n) is 4.40. The van der Waals surface area contributed by atoms with Gasteiger partial charge in [0.05, 0.1) is 0 Å². The average Bonchev–Trinajstić information content (AvgIpc) is 2.82. The first-order valence-corrected chi connectivity index (χ1v) is 8.55. The Kier molecular flexibility index (Phi) is 4.47. The van der Waals surface area contributed by atoms with E-state index in [-0.39, 0.29) is 5.38 Å². The molecular formula is C11H16ClNO2S2. The Morgan fingerprint density at radius 3 is 2.65 bits per heavy atom. The Labute approximate surface area is 111 Å². The van der Waals surface area contributed by atoms with E-state index >= 15 is 0 Å². The largest absolute Gasteiger partial charge is 0.250 e. The quantitative estimate of drug-likeness (QED) is 0.868. The van der Waals surface area contributed by atoms with Gasteiger partial charge in [-0.3, -0.25) is 0 Å². The molecule has 0 unspecified atom stereocenters. The van der Waals surface area contributed by atoms with Crippen molar-refractivity contribution in [3.05, 3.63) is 17.5 Å². The van der Waals surface area contributed by atoms with Crippen LogP contribution in [-0.4, -0.2) is 20.3 Å². The molecule has 3 nitrogen and oxygen atoms in total. The van der Waals surface area contributed by atoms with Crippen LogP contribution in [0.15, 0.2) is 21.7 Å². The van der Waals surface area contributed by atoms with Crippen molar-refractivity contribution in [1.82, 2.24) is 4.72 Å². The lowest BCUT2D eigenvalue weighted by Gasteiger charge is -2.24. The van der Waals surface area contributed by atoms with E-state index in [9.17, 15) is 8.42 Å². The molecule has 6 heteroatoms. The third-order valence-electron chi connectivity index (χ3n) is 3.10. The fourth-order valence-electron chi connectivity index (χ4n) is 2.04. The van der Waals surface area contributed by atoms with Gasteiger partial charge < -0.3 is 0 Å². The van der Waals surface area contributed by atoms with E-state index in [0.29, 0.717) is 16.7 Å². The van der Waals surface area contributed by atoms with E-state index in [1.807, 2.05) is 0 Å². The fraction of sp³-hybridized carbons (Fsp3) is 0.636. The van der Waals surface area contributed by atoms with Gasteiger partial charge in [0, 0.05) is 11.9 Å². The van der Waals surface area contributed by atoms with Gasteiger partial charge >= 0.3 is 0 Å². The van der Waals surface area contributed by atoms with Crippen LogP contribution in [0.2, 0.25) is 0 Å². The molecule has 1 aliphatic carbocycles. The van der Waals surface area contributed by atoms with Gasteiger partial charge in [0.25, 0.3) is 0 Å². The first-order chi connectivity index (χ1) is 8.08. The lowest BCUT2D eigenvalue weighted by Crippen LogP contribution is -2.31. The summed E-state index contributed by atoms with van der Waals surface area (Å²) < 4.78 is 26.8. The predicted molar refractivity (Wildman–Crippen MR) is 71.1 cm³/mol. The van der Waals surface area contributed by atoms with E-state index in [1.54, 1.807) is 17.5 Å². The minimum atomic E-state index is -3.29. The maximum absolute atomic E-state index is 11.9. The van der Waals surface area contributed by atoms with Gasteiger partial charge in [0.1, 0.15) is 4.21 Å². The molecule has 1 aliphatic rings. The molecule has 0 saturated heterocycles. The van der Waals surface area contributed by atoms with E-state index in [0.717, 1.165) is 25.7 Å². The second kappa shape index (κ2) is 5.69. The lowest BCUT2D eigenvalue weighted by molar-refractivity contribution is 0.361. The van der Waals surface area contributed by atoms with E-state index in [2.05, 4.69) is 4.72 Å². The van der Waals surface area contributed by atoms with Crippen LogP contribution >= 0.6 is 22.9 Å². The Morgan fingerprint density at radius 1 is 1.35 bits per heavy atom. The molecule has 1 aromatic rings. The van der Waals surface area contributed by atoms with Crippen molar-refractivity contribution in [1.29, 1.82) is 0 Å². The van der Waals surface area contributed by atoms with E-state index < -0.39 is 10.0 Å². The van der Waals surface area contributed by atoms with Crippen molar-refractivity contribution >= 4 is 33.0 Å². The number of rotatable bonds is 4. The van der Waals surface area contributed by atoms with Crippen molar-refractivity contribution in [2.75, 3.05) is 6.54 Å². The minimum Gasteiger partial charge on any atom is -0.210 e. The highest BCUT2D eigenvalue weighted by Crippen LogP contribution is 2.27.